The summed E-state index contributed by atoms with van der Waals surface area (Å²) in [6.45, 7) is 7.07. The van der Waals surface area contributed by atoms with Crippen LogP contribution in [-0.4, -0.2) is 44.6 Å². The molecule has 31 heavy (non-hydrogen) atoms. The Morgan fingerprint density at radius 2 is 1.68 bits per heavy atom. The molecule has 3 rings (SSSR count). The Hall–Kier alpha value is -2.58. The van der Waals surface area contributed by atoms with Crippen molar-refractivity contribution in [2.24, 2.45) is 5.73 Å². The van der Waals surface area contributed by atoms with Gasteiger partial charge in [-0.1, -0.05) is 29.8 Å². The number of alkyl carbamates (subject to hydrolysis) is 1. The SMILES string of the molecule is COc1ccc([C@@H]2[C@H](S(=O)(=O)c3ccc(C)cc3)[C@]2(CN)NC(=O)OC(C)(C)C)cc1. The Morgan fingerprint density at radius 1 is 1.10 bits per heavy atom. The van der Waals surface area contributed by atoms with Crippen LogP contribution in [0.1, 0.15) is 37.8 Å². The van der Waals surface area contributed by atoms with Gasteiger partial charge in [-0.15, -0.1) is 0 Å². The summed E-state index contributed by atoms with van der Waals surface area (Å²) in [5.41, 5.74) is 5.90. The summed E-state index contributed by atoms with van der Waals surface area (Å²) in [4.78, 5) is 12.8. The highest BCUT2D eigenvalue weighted by Crippen LogP contribution is 2.57. The predicted molar refractivity (Wildman–Crippen MR) is 119 cm³/mol. The molecule has 2 aromatic rings. The highest BCUT2D eigenvalue weighted by Gasteiger charge is 2.71. The fraction of sp³-hybridized carbons (Fsp3) is 0.435. The molecule has 7 nitrogen and oxygen atoms in total. The number of hydrogen-bond donors (Lipinski definition) is 2. The summed E-state index contributed by atoms with van der Waals surface area (Å²) < 4.78 is 37.8. The van der Waals surface area contributed by atoms with Gasteiger partial charge in [-0.3, -0.25) is 0 Å². The van der Waals surface area contributed by atoms with Crippen LogP contribution >= 0.6 is 0 Å². The van der Waals surface area contributed by atoms with Crippen molar-refractivity contribution in [1.82, 2.24) is 5.32 Å². The van der Waals surface area contributed by atoms with Gasteiger partial charge in [0.2, 0.25) is 0 Å². The van der Waals surface area contributed by atoms with Crippen molar-refractivity contribution in [2.75, 3.05) is 13.7 Å². The van der Waals surface area contributed by atoms with Gasteiger partial charge in [0.05, 0.1) is 17.5 Å². The number of sulfone groups is 1. The second-order valence-corrected chi connectivity index (χ2v) is 11.0. The van der Waals surface area contributed by atoms with Crippen LogP contribution in [0.2, 0.25) is 0 Å². The van der Waals surface area contributed by atoms with Crippen molar-refractivity contribution in [3.05, 3.63) is 59.7 Å². The Kier molecular flexibility index (Phi) is 6.08. The Labute approximate surface area is 183 Å². The van der Waals surface area contributed by atoms with Crippen molar-refractivity contribution >= 4 is 15.9 Å². The number of carbonyl (C=O) groups excluding carboxylic acids is 1. The van der Waals surface area contributed by atoms with Gasteiger partial charge in [0.15, 0.2) is 9.84 Å². The number of carbonyl (C=O) groups is 1. The lowest BCUT2D eigenvalue weighted by Crippen LogP contribution is -2.49. The van der Waals surface area contributed by atoms with E-state index in [0.29, 0.717) is 5.75 Å². The first-order valence-electron chi connectivity index (χ1n) is 10.1. The van der Waals surface area contributed by atoms with E-state index in [1.54, 1.807) is 76.4 Å². The average molecular weight is 447 g/mol. The molecule has 3 atom stereocenters. The highest BCUT2D eigenvalue weighted by molar-refractivity contribution is 7.92. The minimum absolute atomic E-state index is 0.0568. The third kappa shape index (κ3) is 4.55. The van der Waals surface area contributed by atoms with Gasteiger partial charge in [-0.2, -0.15) is 0 Å². The molecule has 0 heterocycles. The minimum atomic E-state index is -3.79. The molecule has 0 radical (unpaired) electrons. The largest absolute Gasteiger partial charge is 0.497 e. The molecule has 1 aliphatic rings. The number of nitrogens with two attached hydrogens (primary N) is 1. The summed E-state index contributed by atoms with van der Waals surface area (Å²) in [5.74, 6) is 0.128. The molecule has 1 saturated carbocycles. The molecule has 0 spiro atoms. The van der Waals surface area contributed by atoms with Crippen molar-refractivity contribution in [1.29, 1.82) is 0 Å². The van der Waals surface area contributed by atoms with Crippen LogP contribution < -0.4 is 15.8 Å². The van der Waals surface area contributed by atoms with Gasteiger partial charge >= 0.3 is 6.09 Å². The van der Waals surface area contributed by atoms with E-state index in [4.69, 9.17) is 15.2 Å². The fourth-order valence-corrected chi connectivity index (χ4v) is 6.30. The Morgan fingerprint density at radius 3 is 2.16 bits per heavy atom. The number of rotatable bonds is 6. The van der Waals surface area contributed by atoms with Crippen LogP contribution in [0.3, 0.4) is 0 Å². The van der Waals surface area contributed by atoms with Crippen molar-refractivity contribution in [2.45, 2.75) is 54.9 Å². The lowest BCUT2D eigenvalue weighted by molar-refractivity contribution is 0.0497. The zero-order valence-electron chi connectivity index (χ0n) is 18.5. The third-order valence-electron chi connectivity index (χ3n) is 5.49. The maximum Gasteiger partial charge on any atom is 0.408 e. The number of methoxy groups -OCH3 is 1. The lowest BCUT2D eigenvalue weighted by atomic mass is 10.1. The Balaban J connectivity index is 2.03. The lowest BCUT2D eigenvalue weighted by Gasteiger charge is -2.24. The first kappa shape index (κ1) is 23.1. The van der Waals surface area contributed by atoms with E-state index >= 15 is 0 Å². The topological polar surface area (TPSA) is 108 Å². The smallest absolute Gasteiger partial charge is 0.408 e. The molecule has 0 aromatic heterocycles. The molecular formula is C23H30N2O5S. The van der Waals surface area contributed by atoms with Crippen molar-refractivity contribution in [3.63, 3.8) is 0 Å². The molecule has 168 valence electrons. The highest BCUT2D eigenvalue weighted by atomic mass is 32.2. The van der Waals surface area contributed by atoms with E-state index in [9.17, 15) is 13.2 Å². The number of ether oxygens (including phenoxy) is 2. The zero-order chi connectivity index (χ0) is 23.0. The average Bonchev–Trinajstić information content (AvgIpc) is 3.36. The van der Waals surface area contributed by atoms with Crippen molar-refractivity contribution < 1.29 is 22.7 Å². The van der Waals surface area contributed by atoms with Crippen molar-refractivity contribution in [3.8, 4) is 5.75 Å². The first-order chi connectivity index (χ1) is 14.4. The van der Waals surface area contributed by atoms with Gasteiger partial charge in [0, 0.05) is 12.5 Å². The minimum Gasteiger partial charge on any atom is -0.497 e. The molecule has 3 N–H and O–H groups in total. The van der Waals surface area contributed by atoms with Gasteiger partial charge in [0.25, 0.3) is 0 Å². The zero-order valence-corrected chi connectivity index (χ0v) is 19.3. The molecule has 8 heteroatoms. The van der Waals surface area contributed by atoms with E-state index in [-0.39, 0.29) is 11.4 Å². The molecule has 1 fully saturated rings. The molecule has 0 aliphatic heterocycles. The second-order valence-electron chi connectivity index (χ2n) is 8.90. The molecule has 0 saturated heterocycles. The standard InChI is InChI=1S/C23H30N2O5S/c1-15-6-12-18(13-7-15)31(27,28)20-19(16-8-10-17(29-5)11-9-16)23(20,14-24)25-21(26)30-22(2,3)4/h6-13,19-20H,14,24H2,1-5H3,(H,25,26)/t19-,20+,23-/m1/s1. The molecule has 1 aliphatic carbocycles. The van der Waals surface area contributed by atoms with Crippen LogP contribution in [0.4, 0.5) is 4.79 Å². The summed E-state index contributed by atoms with van der Waals surface area (Å²) >= 11 is 0. The van der Waals surface area contributed by atoms with Crippen LogP contribution in [0.15, 0.2) is 53.4 Å². The molecule has 2 aromatic carbocycles. The molecule has 1 amide bonds. The van der Waals surface area contributed by atoms with Gasteiger partial charge in [-0.25, -0.2) is 13.2 Å². The number of nitrogens with one attached hydrogen (secondary N) is 1. The normalized spacial score (nSPS) is 23.2. The first-order valence-corrected chi connectivity index (χ1v) is 11.6. The summed E-state index contributed by atoms with van der Waals surface area (Å²) in [7, 11) is -2.23. The van der Waals surface area contributed by atoms with Crippen LogP contribution in [0.5, 0.6) is 5.75 Å². The van der Waals surface area contributed by atoms with E-state index in [1.165, 1.54) is 0 Å². The van der Waals surface area contributed by atoms with Crippen LogP contribution in [0, 0.1) is 6.92 Å². The molecular weight excluding hydrogens is 416 g/mol. The van der Waals surface area contributed by atoms with E-state index in [2.05, 4.69) is 5.32 Å². The Bertz CT molecular complexity index is 1040. The number of benzene rings is 2. The summed E-state index contributed by atoms with van der Waals surface area (Å²) in [6.07, 6.45) is -0.696. The predicted octanol–water partition coefficient (Wildman–Crippen LogP) is 3.17. The fourth-order valence-electron chi connectivity index (χ4n) is 3.96. The molecule has 0 unspecified atom stereocenters. The maximum atomic E-state index is 13.6. The summed E-state index contributed by atoms with van der Waals surface area (Å²) in [6, 6.07) is 13.8. The van der Waals surface area contributed by atoms with E-state index in [1.807, 2.05) is 6.92 Å². The van der Waals surface area contributed by atoms with Crippen LogP contribution in [-0.2, 0) is 14.6 Å². The van der Waals surface area contributed by atoms with Gasteiger partial charge in [-0.05, 0) is 57.5 Å². The van der Waals surface area contributed by atoms with Crippen LogP contribution in [0.25, 0.3) is 0 Å². The second kappa shape index (κ2) is 8.16. The summed E-state index contributed by atoms with van der Waals surface area (Å²) in [5, 5.41) is 1.87. The monoisotopic (exact) mass is 446 g/mol. The number of amides is 1. The number of hydrogen-bond acceptors (Lipinski definition) is 6. The van der Waals surface area contributed by atoms with Gasteiger partial charge < -0.3 is 20.5 Å². The maximum absolute atomic E-state index is 13.6. The quantitative estimate of drug-likeness (QED) is 0.706. The molecule has 0 bridgehead atoms. The third-order valence-corrected chi connectivity index (χ3v) is 7.78. The van der Waals surface area contributed by atoms with E-state index in [0.717, 1.165) is 11.1 Å². The van der Waals surface area contributed by atoms with E-state index < -0.39 is 38.2 Å². The van der Waals surface area contributed by atoms with Gasteiger partial charge in [0.1, 0.15) is 16.6 Å². The number of aryl methyl sites for hydroxylation is 1.